The van der Waals surface area contributed by atoms with Crippen LogP contribution >= 0.6 is 0 Å². The first-order valence-corrected chi connectivity index (χ1v) is 5.44. The highest BCUT2D eigenvalue weighted by atomic mass is 15.2. The SMILES string of the molecule is CCCN(CCC)c1cccc(C#N)n1. The lowest BCUT2D eigenvalue weighted by Gasteiger charge is -2.22. The number of aromatic nitrogens is 1. The van der Waals surface area contributed by atoms with E-state index in [0.717, 1.165) is 31.7 Å². The van der Waals surface area contributed by atoms with Crippen molar-refractivity contribution in [2.75, 3.05) is 18.0 Å². The Morgan fingerprint density at radius 2 is 1.93 bits per heavy atom. The molecule has 0 N–H and O–H groups in total. The maximum Gasteiger partial charge on any atom is 0.142 e. The third-order valence-electron chi connectivity index (χ3n) is 2.16. The molecule has 80 valence electrons. The summed E-state index contributed by atoms with van der Waals surface area (Å²) in [6, 6.07) is 7.66. The van der Waals surface area contributed by atoms with E-state index in [1.807, 2.05) is 12.1 Å². The minimum Gasteiger partial charge on any atom is -0.357 e. The zero-order chi connectivity index (χ0) is 11.1. The summed E-state index contributed by atoms with van der Waals surface area (Å²) in [5.74, 6) is 0.915. The molecule has 0 atom stereocenters. The van der Waals surface area contributed by atoms with Crippen LogP contribution in [0.5, 0.6) is 0 Å². The molecule has 0 fully saturated rings. The fourth-order valence-electron chi connectivity index (χ4n) is 1.54. The molecule has 0 aromatic carbocycles. The molecule has 0 amide bonds. The maximum atomic E-state index is 8.77. The van der Waals surface area contributed by atoms with E-state index >= 15 is 0 Å². The Morgan fingerprint density at radius 1 is 1.27 bits per heavy atom. The lowest BCUT2D eigenvalue weighted by atomic mass is 10.3. The van der Waals surface area contributed by atoms with Crippen LogP contribution in [0.2, 0.25) is 0 Å². The van der Waals surface area contributed by atoms with Crippen molar-refractivity contribution in [3.63, 3.8) is 0 Å². The molecule has 1 rings (SSSR count). The molecule has 0 saturated heterocycles. The van der Waals surface area contributed by atoms with E-state index in [4.69, 9.17) is 5.26 Å². The number of hydrogen-bond donors (Lipinski definition) is 0. The van der Waals surface area contributed by atoms with Crippen LogP contribution in [-0.4, -0.2) is 18.1 Å². The van der Waals surface area contributed by atoms with Gasteiger partial charge in [0.25, 0.3) is 0 Å². The third kappa shape index (κ3) is 3.25. The average molecular weight is 203 g/mol. The molecule has 0 aliphatic carbocycles. The van der Waals surface area contributed by atoms with Crippen LogP contribution in [0.1, 0.15) is 32.4 Å². The van der Waals surface area contributed by atoms with E-state index < -0.39 is 0 Å². The van der Waals surface area contributed by atoms with Crippen LogP contribution in [0, 0.1) is 11.3 Å². The summed E-state index contributed by atoms with van der Waals surface area (Å²) in [5.41, 5.74) is 0.490. The number of nitriles is 1. The van der Waals surface area contributed by atoms with Gasteiger partial charge < -0.3 is 4.90 Å². The molecule has 0 saturated carbocycles. The highest BCUT2D eigenvalue weighted by molar-refractivity contribution is 5.41. The predicted octanol–water partition coefficient (Wildman–Crippen LogP) is 2.58. The van der Waals surface area contributed by atoms with Crippen molar-refractivity contribution in [1.82, 2.24) is 4.98 Å². The molecule has 0 radical (unpaired) electrons. The minimum atomic E-state index is 0.490. The molecule has 15 heavy (non-hydrogen) atoms. The molecule has 3 heteroatoms. The van der Waals surface area contributed by atoms with Gasteiger partial charge in [0.2, 0.25) is 0 Å². The second-order valence-corrected chi connectivity index (χ2v) is 3.48. The molecule has 0 aliphatic rings. The van der Waals surface area contributed by atoms with Crippen molar-refractivity contribution >= 4 is 5.82 Å². The van der Waals surface area contributed by atoms with E-state index in [0.29, 0.717) is 5.69 Å². The van der Waals surface area contributed by atoms with Crippen LogP contribution in [-0.2, 0) is 0 Å². The zero-order valence-electron chi connectivity index (χ0n) is 9.40. The summed E-state index contributed by atoms with van der Waals surface area (Å²) < 4.78 is 0. The summed E-state index contributed by atoms with van der Waals surface area (Å²) in [4.78, 5) is 6.52. The van der Waals surface area contributed by atoms with Crippen LogP contribution < -0.4 is 4.90 Å². The van der Waals surface area contributed by atoms with Gasteiger partial charge in [-0.15, -0.1) is 0 Å². The van der Waals surface area contributed by atoms with Crippen molar-refractivity contribution in [3.8, 4) is 6.07 Å². The fourth-order valence-corrected chi connectivity index (χ4v) is 1.54. The van der Waals surface area contributed by atoms with Gasteiger partial charge in [-0.2, -0.15) is 5.26 Å². The van der Waals surface area contributed by atoms with Gasteiger partial charge in [0.1, 0.15) is 17.6 Å². The number of pyridine rings is 1. The topological polar surface area (TPSA) is 39.9 Å². The van der Waals surface area contributed by atoms with Gasteiger partial charge in [-0.1, -0.05) is 19.9 Å². The fraction of sp³-hybridized carbons (Fsp3) is 0.500. The van der Waals surface area contributed by atoms with Gasteiger partial charge in [0.05, 0.1) is 0 Å². The summed E-state index contributed by atoms with van der Waals surface area (Å²) >= 11 is 0. The Balaban J connectivity index is 2.85. The van der Waals surface area contributed by atoms with Crippen molar-refractivity contribution in [3.05, 3.63) is 23.9 Å². The number of anilines is 1. The minimum absolute atomic E-state index is 0.490. The van der Waals surface area contributed by atoms with Gasteiger partial charge in [0.15, 0.2) is 0 Å². The highest BCUT2D eigenvalue weighted by Crippen LogP contribution is 2.12. The normalized spacial score (nSPS) is 9.67. The molecule has 0 bridgehead atoms. The monoisotopic (exact) mass is 203 g/mol. The largest absolute Gasteiger partial charge is 0.357 e. The third-order valence-corrected chi connectivity index (χ3v) is 2.16. The summed E-state index contributed by atoms with van der Waals surface area (Å²) in [7, 11) is 0. The maximum absolute atomic E-state index is 8.77. The molecule has 1 aromatic heterocycles. The van der Waals surface area contributed by atoms with Crippen LogP contribution in [0.15, 0.2) is 18.2 Å². The smallest absolute Gasteiger partial charge is 0.142 e. The summed E-state index contributed by atoms with van der Waals surface area (Å²) in [5, 5.41) is 8.77. The Hall–Kier alpha value is -1.56. The zero-order valence-corrected chi connectivity index (χ0v) is 9.40. The van der Waals surface area contributed by atoms with Crippen LogP contribution in [0.3, 0.4) is 0 Å². The van der Waals surface area contributed by atoms with Gasteiger partial charge >= 0.3 is 0 Å². The van der Waals surface area contributed by atoms with Gasteiger partial charge in [-0.05, 0) is 25.0 Å². The molecule has 0 unspecified atom stereocenters. The van der Waals surface area contributed by atoms with E-state index in [9.17, 15) is 0 Å². The first-order chi connectivity index (χ1) is 7.31. The highest BCUT2D eigenvalue weighted by Gasteiger charge is 2.05. The second-order valence-electron chi connectivity index (χ2n) is 3.48. The first kappa shape index (κ1) is 11.5. The number of nitrogens with zero attached hydrogens (tertiary/aromatic N) is 3. The summed E-state index contributed by atoms with van der Waals surface area (Å²) in [6.45, 7) is 6.29. The van der Waals surface area contributed by atoms with Crippen molar-refractivity contribution in [2.24, 2.45) is 0 Å². The van der Waals surface area contributed by atoms with E-state index in [2.05, 4.69) is 29.8 Å². The average Bonchev–Trinajstić information content (AvgIpc) is 2.29. The predicted molar refractivity (Wildman–Crippen MR) is 61.7 cm³/mol. The van der Waals surface area contributed by atoms with Gasteiger partial charge in [-0.25, -0.2) is 4.98 Å². The number of rotatable bonds is 5. The van der Waals surface area contributed by atoms with Gasteiger partial charge in [0, 0.05) is 13.1 Å². The van der Waals surface area contributed by atoms with E-state index in [-0.39, 0.29) is 0 Å². The second kappa shape index (κ2) is 6.02. The number of hydrogen-bond acceptors (Lipinski definition) is 3. The Morgan fingerprint density at radius 3 is 2.47 bits per heavy atom. The Bertz CT molecular complexity index is 335. The molecular weight excluding hydrogens is 186 g/mol. The Kier molecular flexibility index (Phi) is 4.62. The van der Waals surface area contributed by atoms with Crippen LogP contribution in [0.4, 0.5) is 5.82 Å². The molecule has 0 spiro atoms. The van der Waals surface area contributed by atoms with E-state index in [1.165, 1.54) is 0 Å². The Labute approximate surface area is 91.4 Å². The van der Waals surface area contributed by atoms with E-state index in [1.54, 1.807) is 6.07 Å². The van der Waals surface area contributed by atoms with Crippen LogP contribution in [0.25, 0.3) is 0 Å². The molecule has 0 aliphatic heterocycles. The van der Waals surface area contributed by atoms with Gasteiger partial charge in [-0.3, -0.25) is 0 Å². The molecule has 3 nitrogen and oxygen atoms in total. The van der Waals surface area contributed by atoms with Crippen molar-refractivity contribution in [2.45, 2.75) is 26.7 Å². The first-order valence-electron chi connectivity index (χ1n) is 5.44. The van der Waals surface area contributed by atoms with Crippen molar-refractivity contribution in [1.29, 1.82) is 5.26 Å². The van der Waals surface area contributed by atoms with Crippen molar-refractivity contribution < 1.29 is 0 Å². The molecule has 1 heterocycles. The molecule has 1 aromatic rings. The lowest BCUT2D eigenvalue weighted by Crippen LogP contribution is -2.25. The standard InChI is InChI=1S/C12H17N3/c1-3-8-15(9-4-2)12-7-5-6-11(10-13)14-12/h5-7H,3-4,8-9H2,1-2H3. The lowest BCUT2D eigenvalue weighted by molar-refractivity contribution is 0.734. The summed E-state index contributed by atoms with van der Waals surface area (Å²) in [6.07, 6.45) is 2.19. The quantitative estimate of drug-likeness (QED) is 0.738. The molecular formula is C12H17N3.